The predicted octanol–water partition coefficient (Wildman–Crippen LogP) is 3.43. The molecule has 0 spiro atoms. The molecular weight excluding hydrogens is 200 g/mol. The Morgan fingerprint density at radius 1 is 1.25 bits per heavy atom. The lowest BCUT2D eigenvalue weighted by atomic mass is 10.0. The fourth-order valence-electron chi connectivity index (χ4n) is 2.62. The number of carbonyl (C=O) groups is 1. The highest BCUT2D eigenvalue weighted by atomic mass is 16.3. The number of aryl methyl sites for hydroxylation is 3. The van der Waals surface area contributed by atoms with Gasteiger partial charge in [0.2, 0.25) is 0 Å². The summed E-state index contributed by atoms with van der Waals surface area (Å²) in [6, 6.07) is 4.31. The molecule has 2 nitrogen and oxygen atoms in total. The lowest BCUT2D eigenvalue weighted by Gasteiger charge is -1.98. The van der Waals surface area contributed by atoms with Crippen LogP contribution in [0.5, 0.6) is 0 Å². The summed E-state index contributed by atoms with van der Waals surface area (Å²) in [6.07, 6.45) is 3.53. The first-order valence-electron chi connectivity index (χ1n) is 5.72. The van der Waals surface area contributed by atoms with Gasteiger partial charge in [-0.25, -0.2) is 0 Å². The van der Waals surface area contributed by atoms with Crippen molar-refractivity contribution in [1.82, 2.24) is 0 Å². The van der Waals surface area contributed by atoms with Gasteiger partial charge in [-0.3, -0.25) is 4.79 Å². The Balaban J connectivity index is 2.32. The minimum absolute atomic E-state index is 0.00820. The van der Waals surface area contributed by atoms with Gasteiger partial charge in [0, 0.05) is 17.9 Å². The molecule has 0 N–H and O–H groups in total. The highest BCUT2D eigenvalue weighted by molar-refractivity contribution is 5.99. The average molecular weight is 214 g/mol. The summed E-state index contributed by atoms with van der Waals surface area (Å²) >= 11 is 0. The molecule has 3 rings (SSSR count). The van der Waals surface area contributed by atoms with Crippen LogP contribution in [-0.4, -0.2) is 5.78 Å². The van der Waals surface area contributed by atoms with E-state index in [1.54, 1.807) is 6.92 Å². The van der Waals surface area contributed by atoms with Crippen molar-refractivity contribution in [3.63, 3.8) is 0 Å². The summed E-state index contributed by atoms with van der Waals surface area (Å²) in [6.45, 7) is 3.52. The van der Waals surface area contributed by atoms with Gasteiger partial charge >= 0.3 is 0 Å². The fourth-order valence-corrected chi connectivity index (χ4v) is 2.62. The third-order valence-corrected chi connectivity index (χ3v) is 3.47. The number of furan rings is 1. The minimum atomic E-state index is 0.00820. The summed E-state index contributed by atoms with van der Waals surface area (Å²) in [5, 5.41) is 1.10. The lowest BCUT2D eigenvalue weighted by Crippen LogP contribution is -1.90. The zero-order valence-electron chi connectivity index (χ0n) is 9.59. The van der Waals surface area contributed by atoms with Gasteiger partial charge in [-0.2, -0.15) is 0 Å². The third kappa shape index (κ3) is 1.22. The molecule has 1 aromatic carbocycles. The Kier molecular flexibility index (Phi) is 1.93. The van der Waals surface area contributed by atoms with Gasteiger partial charge in [-0.1, -0.05) is 0 Å². The van der Waals surface area contributed by atoms with E-state index in [0.717, 1.165) is 29.4 Å². The van der Waals surface area contributed by atoms with Crippen LogP contribution >= 0.6 is 0 Å². The van der Waals surface area contributed by atoms with Gasteiger partial charge in [-0.05, 0) is 49.4 Å². The molecule has 0 amide bonds. The molecule has 0 unspecified atom stereocenters. The van der Waals surface area contributed by atoms with Gasteiger partial charge in [-0.15, -0.1) is 0 Å². The van der Waals surface area contributed by atoms with Crippen LogP contribution in [0.15, 0.2) is 16.5 Å². The third-order valence-electron chi connectivity index (χ3n) is 3.47. The van der Waals surface area contributed by atoms with E-state index in [0.29, 0.717) is 5.76 Å². The van der Waals surface area contributed by atoms with E-state index in [1.165, 1.54) is 17.5 Å². The maximum absolute atomic E-state index is 11.4. The highest BCUT2D eigenvalue weighted by Gasteiger charge is 2.18. The van der Waals surface area contributed by atoms with Crippen molar-refractivity contribution in [3.05, 3.63) is 34.6 Å². The number of Topliss-reactive ketones (excluding diaryl/α,β-unsaturated/α-hetero) is 1. The molecule has 2 aromatic rings. The average Bonchev–Trinajstić information content (AvgIpc) is 2.80. The topological polar surface area (TPSA) is 30.2 Å². The van der Waals surface area contributed by atoms with E-state index in [9.17, 15) is 4.79 Å². The second kappa shape index (κ2) is 3.21. The Bertz CT molecular complexity index is 590. The van der Waals surface area contributed by atoms with Gasteiger partial charge in [0.1, 0.15) is 5.58 Å². The number of carbonyl (C=O) groups excluding carboxylic acids is 1. The Labute approximate surface area is 94.3 Å². The van der Waals surface area contributed by atoms with Crippen molar-refractivity contribution in [2.45, 2.75) is 33.1 Å². The number of fused-ring (bicyclic) bond motifs is 2. The normalized spacial score (nSPS) is 14.4. The van der Waals surface area contributed by atoms with Crippen LogP contribution in [0.25, 0.3) is 11.0 Å². The molecule has 0 fully saturated rings. The van der Waals surface area contributed by atoms with Crippen molar-refractivity contribution in [1.29, 1.82) is 0 Å². The van der Waals surface area contributed by atoms with Crippen molar-refractivity contribution in [2.24, 2.45) is 0 Å². The fraction of sp³-hybridized carbons (Fsp3) is 0.357. The van der Waals surface area contributed by atoms with E-state index in [2.05, 4.69) is 12.1 Å². The quantitative estimate of drug-likeness (QED) is 0.681. The molecule has 1 heterocycles. The van der Waals surface area contributed by atoms with E-state index in [4.69, 9.17) is 4.42 Å². The lowest BCUT2D eigenvalue weighted by molar-refractivity contribution is 0.0988. The van der Waals surface area contributed by atoms with Crippen LogP contribution in [0.4, 0.5) is 0 Å². The standard InChI is InChI=1S/C14H14O2/c1-8-12-6-10-4-3-5-11(10)7-13(12)16-14(8)9(2)15/h6-7H,3-5H2,1-2H3. The van der Waals surface area contributed by atoms with Gasteiger partial charge in [0.05, 0.1) is 0 Å². The molecule has 0 atom stereocenters. The molecule has 0 bridgehead atoms. The molecule has 1 aromatic heterocycles. The van der Waals surface area contributed by atoms with Crippen molar-refractivity contribution in [2.75, 3.05) is 0 Å². The summed E-state index contributed by atoms with van der Waals surface area (Å²) in [7, 11) is 0. The molecule has 0 radical (unpaired) electrons. The maximum Gasteiger partial charge on any atom is 0.195 e. The van der Waals surface area contributed by atoms with Crippen LogP contribution in [0, 0.1) is 6.92 Å². The smallest absolute Gasteiger partial charge is 0.195 e. The Hall–Kier alpha value is -1.57. The number of ketones is 1. The summed E-state index contributed by atoms with van der Waals surface area (Å²) in [5.74, 6) is 0.521. The summed E-state index contributed by atoms with van der Waals surface area (Å²) in [5.41, 5.74) is 4.66. The van der Waals surface area contributed by atoms with Gasteiger partial charge < -0.3 is 4.42 Å². The maximum atomic E-state index is 11.4. The van der Waals surface area contributed by atoms with Crippen LogP contribution in [-0.2, 0) is 12.8 Å². The molecule has 16 heavy (non-hydrogen) atoms. The van der Waals surface area contributed by atoms with Gasteiger partial charge in [0.25, 0.3) is 0 Å². The molecular formula is C14H14O2. The van der Waals surface area contributed by atoms with Crippen LogP contribution in [0.3, 0.4) is 0 Å². The molecule has 1 aliphatic rings. The predicted molar refractivity (Wildman–Crippen MR) is 63.0 cm³/mol. The molecule has 2 heteroatoms. The molecule has 0 saturated carbocycles. The highest BCUT2D eigenvalue weighted by Crippen LogP contribution is 2.32. The molecule has 1 aliphatic carbocycles. The number of benzene rings is 1. The van der Waals surface area contributed by atoms with Crippen LogP contribution in [0.2, 0.25) is 0 Å². The van der Waals surface area contributed by atoms with E-state index in [1.807, 2.05) is 6.92 Å². The largest absolute Gasteiger partial charge is 0.453 e. The molecule has 0 aliphatic heterocycles. The molecule has 0 saturated heterocycles. The second-order valence-electron chi connectivity index (χ2n) is 4.58. The first-order valence-corrected chi connectivity index (χ1v) is 5.72. The first kappa shape index (κ1) is 9.64. The van der Waals surface area contributed by atoms with Crippen LogP contribution < -0.4 is 0 Å². The van der Waals surface area contributed by atoms with Crippen molar-refractivity contribution in [3.8, 4) is 0 Å². The van der Waals surface area contributed by atoms with Crippen molar-refractivity contribution >= 4 is 16.8 Å². The van der Waals surface area contributed by atoms with E-state index < -0.39 is 0 Å². The number of rotatable bonds is 1. The number of hydrogen-bond acceptors (Lipinski definition) is 2. The Morgan fingerprint density at radius 3 is 2.62 bits per heavy atom. The number of hydrogen-bond donors (Lipinski definition) is 0. The monoisotopic (exact) mass is 214 g/mol. The second-order valence-corrected chi connectivity index (χ2v) is 4.58. The molecule has 82 valence electrons. The summed E-state index contributed by atoms with van der Waals surface area (Å²) < 4.78 is 5.64. The summed E-state index contributed by atoms with van der Waals surface area (Å²) in [4.78, 5) is 11.4. The van der Waals surface area contributed by atoms with Crippen LogP contribution in [0.1, 0.15) is 40.6 Å². The first-order chi connectivity index (χ1) is 7.66. The van der Waals surface area contributed by atoms with E-state index >= 15 is 0 Å². The van der Waals surface area contributed by atoms with Crippen molar-refractivity contribution < 1.29 is 9.21 Å². The zero-order valence-corrected chi connectivity index (χ0v) is 9.59. The Morgan fingerprint density at radius 2 is 1.94 bits per heavy atom. The SMILES string of the molecule is CC(=O)c1oc2cc3c(cc2c1C)CCC3. The minimum Gasteiger partial charge on any atom is -0.453 e. The van der Waals surface area contributed by atoms with E-state index in [-0.39, 0.29) is 5.78 Å². The van der Waals surface area contributed by atoms with Gasteiger partial charge in [0.15, 0.2) is 11.5 Å². The zero-order chi connectivity index (χ0) is 11.3.